The number of thioether (sulfide) groups is 1. The van der Waals surface area contributed by atoms with Gasteiger partial charge in [-0.1, -0.05) is 91.0 Å². The highest BCUT2D eigenvalue weighted by Crippen LogP contribution is 2.34. The Hall–Kier alpha value is -2.15. The highest BCUT2D eigenvalue weighted by Gasteiger charge is 2.46. The Bertz CT molecular complexity index is 938. The predicted molar refractivity (Wildman–Crippen MR) is 133 cm³/mol. The Morgan fingerprint density at radius 2 is 1.00 bits per heavy atom. The van der Waals surface area contributed by atoms with Crippen molar-refractivity contribution in [1.82, 2.24) is 0 Å². The summed E-state index contributed by atoms with van der Waals surface area (Å²) in [6.07, 6.45) is 1.15. The molecule has 5 heteroatoms. The molecule has 0 N–H and O–H groups in total. The monoisotopic (exact) mass is 464 g/mol. The summed E-state index contributed by atoms with van der Waals surface area (Å²) in [4.78, 5) is 0. The van der Waals surface area contributed by atoms with Crippen LogP contribution in [0.2, 0.25) is 0 Å². The van der Waals surface area contributed by atoms with Gasteiger partial charge in [0, 0.05) is 0 Å². The molecule has 1 saturated heterocycles. The lowest BCUT2D eigenvalue weighted by atomic mass is 9.99. The van der Waals surface area contributed by atoms with E-state index in [1.165, 1.54) is 0 Å². The van der Waals surface area contributed by atoms with E-state index in [0.29, 0.717) is 19.8 Å². The maximum Gasteiger partial charge on any atom is 0.132 e. The second kappa shape index (κ2) is 12.4. The van der Waals surface area contributed by atoms with Crippen LogP contribution in [0.3, 0.4) is 0 Å². The molecule has 1 aliphatic rings. The summed E-state index contributed by atoms with van der Waals surface area (Å²) < 4.78 is 25.8. The van der Waals surface area contributed by atoms with Gasteiger partial charge in [-0.15, -0.1) is 11.8 Å². The molecule has 5 unspecified atom stereocenters. The fraction of sp³-hybridized carbons (Fsp3) is 0.357. The lowest BCUT2D eigenvalue weighted by molar-refractivity contribution is -0.242. The Kier molecular flexibility index (Phi) is 8.98. The van der Waals surface area contributed by atoms with Crippen molar-refractivity contribution >= 4 is 11.8 Å². The molecule has 0 aliphatic carbocycles. The summed E-state index contributed by atoms with van der Waals surface area (Å²) in [6, 6.07) is 30.7. The van der Waals surface area contributed by atoms with Crippen LogP contribution in [0.25, 0.3) is 0 Å². The van der Waals surface area contributed by atoms with Gasteiger partial charge in [0.25, 0.3) is 0 Å². The molecule has 0 spiro atoms. The molecule has 4 rings (SSSR count). The van der Waals surface area contributed by atoms with Crippen molar-refractivity contribution in [3.63, 3.8) is 0 Å². The minimum atomic E-state index is -0.265. The molecule has 0 saturated carbocycles. The summed E-state index contributed by atoms with van der Waals surface area (Å²) in [5.41, 5.74) is 3.24. The zero-order chi connectivity index (χ0) is 22.9. The van der Waals surface area contributed by atoms with Crippen LogP contribution < -0.4 is 0 Å². The second-order valence-corrected chi connectivity index (χ2v) is 9.16. The standard InChI is InChI=1S/C28H32O4S/c1-21-25(29-18-22-12-6-3-7-13-22)26(30-19-23-14-8-4-9-15-23)27(28(32-21)33-2)31-20-24-16-10-5-11-17-24/h3-17,21,25-28H,18-20H2,1-2H3. The van der Waals surface area contributed by atoms with E-state index in [0.717, 1.165) is 16.7 Å². The van der Waals surface area contributed by atoms with Gasteiger partial charge in [0.15, 0.2) is 0 Å². The Morgan fingerprint density at radius 1 is 0.606 bits per heavy atom. The molecule has 4 nitrogen and oxygen atoms in total. The van der Waals surface area contributed by atoms with E-state index >= 15 is 0 Å². The van der Waals surface area contributed by atoms with Crippen molar-refractivity contribution in [3.8, 4) is 0 Å². The number of hydrogen-bond acceptors (Lipinski definition) is 5. The first kappa shape index (κ1) is 24.0. The molecule has 0 radical (unpaired) electrons. The third kappa shape index (κ3) is 6.69. The first-order valence-corrected chi connectivity index (χ1v) is 12.7. The Morgan fingerprint density at radius 3 is 1.42 bits per heavy atom. The number of benzene rings is 3. The predicted octanol–water partition coefficient (Wildman–Crippen LogP) is 5.85. The molecular weight excluding hydrogens is 432 g/mol. The minimum absolute atomic E-state index is 0.122. The maximum absolute atomic E-state index is 6.53. The molecule has 0 bridgehead atoms. The van der Waals surface area contributed by atoms with Gasteiger partial charge in [-0.05, 0) is 29.9 Å². The largest absolute Gasteiger partial charge is 0.368 e. The highest BCUT2D eigenvalue weighted by atomic mass is 32.2. The lowest BCUT2D eigenvalue weighted by Gasteiger charge is -2.45. The smallest absolute Gasteiger partial charge is 0.132 e. The van der Waals surface area contributed by atoms with Crippen LogP contribution in [0, 0.1) is 0 Å². The van der Waals surface area contributed by atoms with Crippen LogP contribution in [-0.4, -0.2) is 36.1 Å². The van der Waals surface area contributed by atoms with Crippen molar-refractivity contribution in [2.24, 2.45) is 0 Å². The highest BCUT2D eigenvalue weighted by molar-refractivity contribution is 7.99. The molecule has 0 aromatic heterocycles. The molecule has 0 amide bonds. The molecule has 1 fully saturated rings. The molecule has 174 valence electrons. The van der Waals surface area contributed by atoms with E-state index in [1.807, 2.05) is 54.6 Å². The molecule has 3 aromatic rings. The normalized spacial score (nSPS) is 25.1. The fourth-order valence-electron chi connectivity index (χ4n) is 4.06. The van der Waals surface area contributed by atoms with Gasteiger partial charge in [0.2, 0.25) is 0 Å². The van der Waals surface area contributed by atoms with Gasteiger partial charge in [-0.3, -0.25) is 0 Å². The summed E-state index contributed by atoms with van der Waals surface area (Å²) >= 11 is 1.65. The number of ether oxygens (including phenoxy) is 4. The van der Waals surface area contributed by atoms with Crippen LogP contribution >= 0.6 is 11.8 Å². The van der Waals surface area contributed by atoms with E-state index in [1.54, 1.807) is 11.8 Å². The van der Waals surface area contributed by atoms with Gasteiger partial charge >= 0.3 is 0 Å². The van der Waals surface area contributed by atoms with E-state index in [-0.39, 0.29) is 29.9 Å². The SMILES string of the molecule is CSC1OC(C)C(OCc2ccccc2)C(OCc2ccccc2)C1OCc1ccccc1. The molecule has 33 heavy (non-hydrogen) atoms. The van der Waals surface area contributed by atoms with Crippen LogP contribution in [-0.2, 0) is 38.8 Å². The van der Waals surface area contributed by atoms with Crippen LogP contribution in [0.4, 0.5) is 0 Å². The maximum atomic E-state index is 6.53. The van der Waals surface area contributed by atoms with E-state index in [4.69, 9.17) is 18.9 Å². The molecular formula is C28H32O4S. The van der Waals surface area contributed by atoms with Crippen LogP contribution in [0.15, 0.2) is 91.0 Å². The van der Waals surface area contributed by atoms with E-state index < -0.39 is 0 Å². The average Bonchev–Trinajstić information content (AvgIpc) is 2.87. The topological polar surface area (TPSA) is 36.9 Å². The summed E-state index contributed by atoms with van der Waals surface area (Å²) in [6.45, 7) is 3.55. The molecule has 1 aliphatic heterocycles. The Labute approximate surface area is 201 Å². The van der Waals surface area contributed by atoms with Gasteiger partial charge in [0.1, 0.15) is 23.7 Å². The number of hydrogen-bond donors (Lipinski definition) is 0. The quantitative estimate of drug-likeness (QED) is 0.376. The van der Waals surface area contributed by atoms with Crippen molar-refractivity contribution < 1.29 is 18.9 Å². The molecule has 1 heterocycles. The van der Waals surface area contributed by atoms with Crippen molar-refractivity contribution in [2.75, 3.05) is 6.26 Å². The van der Waals surface area contributed by atoms with Crippen molar-refractivity contribution in [2.45, 2.75) is 56.6 Å². The van der Waals surface area contributed by atoms with E-state index in [9.17, 15) is 0 Å². The fourth-order valence-corrected chi connectivity index (χ4v) is 4.85. The van der Waals surface area contributed by atoms with Crippen LogP contribution in [0.1, 0.15) is 23.6 Å². The van der Waals surface area contributed by atoms with Gasteiger partial charge in [0.05, 0.1) is 25.9 Å². The van der Waals surface area contributed by atoms with Crippen molar-refractivity contribution in [3.05, 3.63) is 108 Å². The first-order valence-electron chi connectivity index (χ1n) is 11.4. The van der Waals surface area contributed by atoms with Gasteiger partial charge in [-0.25, -0.2) is 0 Å². The second-order valence-electron chi connectivity index (χ2n) is 8.23. The zero-order valence-corrected chi connectivity index (χ0v) is 20.0. The molecule has 3 aromatic carbocycles. The first-order chi connectivity index (χ1) is 16.2. The van der Waals surface area contributed by atoms with Gasteiger partial charge < -0.3 is 18.9 Å². The summed E-state index contributed by atoms with van der Waals surface area (Å²) in [7, 11) is 0. The average molecular weight is 465 g/mol. The zero-order valence-electron chi connectivity index (χ0n) is 19.2. The third-order valence-corrected chi connectivity index (χ3v) is 6.66. The van der Waals surface area contributed by atoms with Crippen LogP contribution in [0.5, 0.6) is 0 Å². The Balaban J connectivity index is 1.53. The summed E-state index contributed by atoms with van der Waals surface area (Å²) in [5, 5.41) is 0. The van der Waals surface area contributed by atoms with Gasteiger partial charge in [-0.2, -0.15) is 0 Å². The minimum Gasteiger partial charge on any atom is -0.368 e. The summed E-state index contributed by atoms with van der Waals surface area (Å²) in [5.74, 6) is 0. The lowest BCUT2D eigenvalue weighted by Crippen LogP contribution is -2.58. The van der Waals surface area contributed by atoms with E-state index in [2.05, 4.69) is 49.6 Å². The third-order valence-electron chi connectivity index (χ3n) is 5.82. The number of rotatable bonds is 10. The molecule has 5 atom stereocenters. The van der Waals surface area contributed by atoms with Crippen molar-refractivity contribution in [1.29, 1.82) is 0 Å².